The number of ether oxygens (including phenoxy) is 1. The van der Waals surface area contributed by atoms with Gasteiger partial charge < -0.3 is 15.8 Å². The first-order chi connectivity index (χ1) is 10.1. The molecular formula is C16H17BrN2O2. The quantitative estimate of drug-likeness (QED) is 0.800. The molecule has 2 aromatic rings. The van der Waals surface area contributed by atoms with Crippen LogP contribution in [0.25, 0.3) is 0 Å². The maximum Gasteiger partial charge on any atom is 0.255 e. The van der Waals surface area contributed by atoms with Gasteiger partial charge in [0, 0.05) is 21.4 Å². The number of hydrogen-bond acceptors (Lipinski definition) is 3. The van der Waals surface area contributed by atoms with Crippen LogP contribution in [0.4, 0.5) is 11.4 Å². The molecule has 0 aliphatic heterocycles. The third-order valence-corrected chi connectivity index (χ3v) is 3.51. The summed E-state index contributed by atoms with van der Waals surface area (Å²) < 4.78 is 6.28. The van der Waals surface area contributed by atoms with Crippen LogP contribution >= 0.6 is 15.9 Å². The van der Waals surface area contributed by atoms with Crippen LogP contribution in [0, 0.1) is 0 Å². The molecule has 21 heavy (non-hydrogen) atoms. The Labute approximate surface area is 132 Å². The van der Waals surface area contributed by atoms with Gasteiger partial charge in [-0.3, -0.25) is 4.79 Å². The lowest BCUT2D eigenvalue weighted by Crippen LogP contribution is -2.12. The maximum absolute atomic E-state index is 12.2. The Bertz CT molecular complexity index is 644. The number of hydrogen-bond donors (Lipinski definition) is 2. The molecule has 5 heteroatoms. The molecule has 3 N–H and O–H groups in total. The van der Waals surface area contributed by atoms with Gasteiger partial charge in [0.2, 0.25) is 0 Å². The zero-order valence-electron chi connectivity index (χ0n) is 11.7. The summed E-state index contributed by atoms with van der Waals surface area (Å²) in [5.41, 5.74) is 7.58. The molecule has 0 atom stereocenters. The van der Waals surface area contributed by atoms with Gasteiger partial charge in [-0.05, 0) is 58.7 Å². The normalized spacial score (nSPS) is 10.2. The molecule has 0 aliphatic carbocycles. The molecule has 0 saturated heterocycles. The molecule has 0 bridgehead atoms. The highest BCUT2D eigenvalue weighted by molar-refractivity contribution is 9.10. The van der Waals surface area contributed by atoms with E-state index in [1.165, 1.54) is 0 Å². The summed E-state index contributed by atoms with van der Waals surface area (Å²) in [4.78, 5) is 12.2. The summed E-state index contributed by atoms with van der Waals surface area (Å²) >= 11 is 3.34. The number of carbonyl (C=O) groups excluding carboxylic acids is 1. The van der Waals surface area contributed by atoms with Crippen LogP contribution in [-0.4, -0.2) is 12.5 Å². The number of amides is 1. The number of carbonyl (C=O) groups is 1. The molecule has 0 saturated carbocycles. The summed E-state index contributed by atoms with van der Waals surface area (Å²) in [6.07, 6.45) is 0.926. The second-order valence-corrected chi connectivity index (χ2v) is 5.42. The Morgan fingerprint density at radius 1 is 1.29 bits per heavy atom. The van der Waals surface area contributed by atoms with Crippen molar-refractivity contribution in [3.63, 3.8) is 0 Å². The molecule has 2 rings (SSSR count). The van der Waals surface area contributed by atoms with Gasteiger partial charge in [0.1, 0.15) is 5.75 Å². The van der Waals surface area contributed by atoms with E-state index < -0.39 is 0 Å². The minimum atomic E-state index is -0.186. The Morgan fingerprint density at radius 2 is 2.10 bits per heavy atom. The van der Waals surface area contributed by atoms with Crippen LogP contribution in [0.1, 0.15) is 23.7 Å². The van der Waals surface area contributed by atoms with Crippen molar-refractivity contribution in [3.05, 3.63) is 52.5 Å². The average molecular weight is 349 g/mol. The summed E-state index contributed by atoms with van der Waals surface area (Å²) in [7, 11) is 0. The third kappa shape index (κ3) is 4.23. The number of benzene rings is 2. The lowest BCUT2D eigenvalue weighted by molar-refractivity contribution is 0.102. The van der Waals surface area contributed by atoms with E-state index in [1.54, 1.807) is 36.4 Å². The smallest absolute Gasteiger partial charge is 0.255 e. The predicted octanol–water partition coefficient (Wildman–Crippen LogP) is 4.07. The lowest BCUT2D eigenvalue weighted by atomic mass is 10.2. The molecule has 110 valence electrons. The minimum absolute atomic E-state index is 0.186. The van der Waals surface area contributed by atoms with E-state index >= 15 is 0 Å². The van der Waals surface area contributed by atoms with E-state index in [4.69, 9.17) is 10.5 Å². The van der Waals surface area contributed by atoms with Crippen molar-refractivity contribution in [2.45, 2.75) is 13.3 Å². The highest BCUT2D eigenvalue weighted by Crippen LogP contribution is 2.24. The Balaban J connectivity index is 2.10. The molecule has 0 aliphatic rings. The molecule has 0 fully saturated rings. The first-order valence-corrected chi connectivity index (χ1v) is 7.48. The molecule has 4 nitrogen and oxygen atoms in total. The monoisotopic (exact) mass is 348 g/mol. The van der Waals surface area contributed by atoms with Gasteiger partial charge in [0.25, 0.3) is 5.91 Å². The van der Waals surface area contributed by atoms with Crippen LogP contribution < -0.4 is 15.8 Å². The number of nitrogens with two attached hydrogens (primary N) is 1. The van der Waals surface area contributed by atoms with E-state index in [0.717, 1.165) is 10.9 Å². The van der Waals surface area contributed by atoms with Crippen molar-refractivity contribution in [2.75, 3.05) is 17.7 Å². The SMILES string of the molecule is CCCOc1cccc(C(=O)Nc2ccc(N)c(Br)c2)c1. The van der Waals surface area contributed by atoms with Crippen LogP contribution in [0.2, 0.25) is 0 Å². The molecule has 0 unspecified atom stereocenters. The number of anilines is 2. The molecular weight excluding hydrogens is 332 g/mol. The molecule has 0 spiro atoms. The predicted molar refractivity (Wildman–Crippen MR) is 88.7 cm³/mol. The van der Waals surface area contributed by atoms with E-state index in [2.05, 4.69) is 21.2 Å². The van der Waals surface area contributed by atoms with Gasteiger partial charge >= 0.3 is 0 Å². The Morgan fingerprint density at radius 3 is 2.81 bits per heavy atom. The molecule has 0 radical (unpaired) electrons. The zero-order valence-corrected chi connectivity index (χ0v) is 13.3. The molecule has 1 amide bonds. The van der Waals surface area contributed by atoms with Gasteiger partial charge in [0.15, 0.2) is 0 Å². The second-order valence-electron chi connectivity index (χ2n) is 4.57. The van der Waals surface area contributed by atoms with Gasteiger partial charge in [-0.1, -0.05) is 13.0 Å². The topological polar surface area (TPSA) is 64.3 Å². The number of rotatable bonds is 5. The van der Waals surface area contributed by atoms with Crippen molar-refractivity contribution in [3.8, 4) is 5.75 Å². The van der Waals surface area contributed by atoms with Crippen LogP contribution in [-0.2, 0) is 0 Å². The number of nitrogens with one attached hydrogen (secondary N) is 1. The first kappa shape index (κ1) is 15.4. The van der Waals surface area contributed by atoms with Crippen molar-refractivity contribution in [1.82, 2.24) is 0 Å². The van der Waals surface area contributed by atoms with E-state index in [9.17, 15) is 4.79 Å². The largest absolute Gasteiger partial charge is 0.494 e. The van der Waals surface area contributed by atoms with Crippen LogP contribution in [0.3, 0.4) is 0 Å². The first-order valence-electron chi connectivity index (χ1n) is 6.69. The van der Waals surface area contributed by atoms with Gasteiger partial charge in [-0.15, -0.1) is 0 Å². The van der Waals surface area contributed by atoms with Crippen molar-refractivity contribution >= 4 is 33.2 Å². The second kappa shape index (κ2) is 7.13. The summed E-state index contributed by atoms with van der Waals surface area (Å²) in [5, 5.41) is 2.83. The molecule has 0 aromatic heterocycles. The molecule has 2 aromatic carbocycles. The minimum Gasteiger partial charge on any atom is -0.494 e. The summed E-state index contributed by atoms with van der Waals surface area (Å²) in [6, 6.07) is 12.4. The van der Waals surface area contributed by atoms with Crippen molar-refractivity contribution in [2.24, 2.45) is 0 Å². The summed E-state index contributed by atoms with van der Waals surface area (Å²) in [5.74, 6) is 0.511. The van der Waals surface area contributed by atoms with E-state index in [-0.39, 0.29) is 5.91 Å². The third-order valence-electron chi connectivity index (χ3n) is 2.83. The maximum atomic E-state index is 12.2. The fourth-order valence-corrected chi connectivity index (χ4v) is 2.13. The van der Waals surface area contributed by atoms with Crippen LogP contribution in [0.5, 0.6) is 5.75 Å². The van der Waals surface area contributed by atoms with Gasteiger partial charge in [-0.2, -0.15) is 0 Å². The standard InChI is InChI=1S/C16H17BrN2O2/c1-2-8-21-13-5-3-4-11(9-13)16(20)19-12-6-7-15(18)14(17)10-12/h3-7,9-10H,2,8,18H2,1H3,(H,19,20). The van der Waals surface area contributed by atoms with E-state index in [1.807, 2.05) is 13.0 Å². The molecule has 0 heterocycles. The zero-order chi connectivity index (χ0) is 15.2. The van der Waals surface area contributed by atoms with E-state index in [0.29, 0.717) is 29.3 Å². The highest BCUT2D eigenvalue weighted by Gasteiger charge is 2.08. The van der Waals surface area contributed by atoms with Crippen LogP contribution in [0.15, 0.2) is 46.9 Å². The summed E-state index contributed by atoms with van der Waals surface area (Å²) in [6.45, 7) is 2.67. The fraction of sp³-hybridized carbons (Fsp3) is 0.188. The Hall–Kier alpha value is -2.01. The number of nitrogen functional groups attached to an aromatic ring is 1. The average Bonchev–Trinajstić information content (AvgIpc) is 2.49. The lowest BCUT2D eigenvalue weighted by Gasteiger charge is -2.09. The van der Waals surface area contributed by atoms with Gasteiger partial charge in [0.05, 0.1) is 6.61 Å². The number of halogens is 1. The van der Waals surface area contributed by atoms with Crippen molar-refractivity contribution < 1.29 is 9.53 Å². The highest BCUT2D eigenvalue weighted by atomic mass is 79.9. The van der Waals surface area contributed by atoms with Crippen molar-refractivity contribution in [1.29, 1.82) is 0 Å². The van der Waals surface area contributed by atoms with Gasteiger partial charge in [-0.25, -0.2) is 0 Å². The fourth-order valence-electron chi connectivity index (χ4n) is 1.76. The Kier molecular flexibility index (Phi) is 5.22.